The third kappa shape index (κ3) is 4.23. The predicted octanol–water partition coefficient (Wildman–Crippen LogP) is 3.74. The number of rotatable bonds is 5. The van der Waals surface area contributed by atoms with E-state index in [0.717, 1.165) is 22.0 Å². The number of hydrogen-bond acceptors (Lipinski definition) is 4. The summed E-state index contributed by atoms with van der Waals surface area (Å²) in [5, 5.41) is 3.03. The molecule has 1 atom stereocenters. The number of hydrogen-bond donors (Lipinski definition) is 1. The van der Waals surface area contributed by atoms with Crippen molar-refractivity contribution >= 4 is 17.7 Å². The molecule has 1 aliphatic rings. The highest BCUT2D eigenvalue weighted by atomic mass is 32.2. The van der Waals surface area contributed by atoms with Gasteiger partial charge in [0.25, 0.3) is 0 Å². The van der Waals surface area contributed by atoms with E-state index in [9.17, 15) is 4.79 Å². The van der Waals surface area contributed by atoms with Crippen LogP contribution in [0.25, 0.3) is 0 Å². The highest BCUT2D eigenvalue weighted by Crippen LogP contribution is 2.32. The van der Waals surface area contributed by atoms with Gasteiger partial charge in [-0.15, -0.1) is 11.8 Å². The zero-order valence-corrected chi connectivity index (χ0v) is 14.7. The Kier molecular flexibility index (Phi) is 5.30. The van der Waals surface area contributed by atoms with Crippen LogP contribution in [0.3, 0.4) is 0 Å². The van der Waals surface area contributed by atoms with Gasteiger partial charge in [0.1, 0.15) is 13.2 Å². The Morgan fingerprint density at radius 2 is 1.83 bits per heavy atom. The summed E-state index contributed by atoms with van der Waals surface area (Å²) in [4.78, 5) is 13.3. The molecule has 0 radical (unpaired) electrons. The number of amides is 1. The molecule has 2 aromatic carbocycles. The van der Waals surface area contributed by atoms with Gasteiger partial charge in [0.15, 0.2) is 11.5 Å². The minimum Gasteiger partial charge on any atom is -0.486 e. The van der Waals surface area contributed by atoms with E-state index in [4.69, 9.17) is 9.47 Å². The van der Waals surface area contributed by atoms with Crippen molar-refractivity contribution in [1.82, 2.24) is 5.32 Å². The fourth-order valence-corrected chi connectivity index (χ4v) is 3.19. The van der Waals surface area contributed by atoms with Gasteiger partial charge < -0.3 is 14.8 Å². The summed E-state index contributed by atoms with van der Waals surface area (Å²) >= 11 is 1.54. The monoisotopic (exact) mass is 343 g/mol. The third-order valence-electron chi connectivity index (χ3n) is 3.83. The second kappa shape index (κ2) is 7.62. The molecule has 1 N–H and O–H groups in total. The lowest BCUT2D eigenvalue weighted by molar-refractivity contribution is -0.119. The SMILES string of the molecule is Cc1ccc(SCC(=O)NC(C)c2ccc3c(c2)OCCO3)cc1. The van der Waals surface area contributed by atoms with Crippen LogP contribution in [0.5, 0.6) is 11.5 Å². The molecule has 0 saturated heterocycles. The third-order valence-corrected chi connectivity index (χ3v) is 4.85. The van der Waals surface area contributed by atoms with E-state index in [0.29, 0.717) is 19.0 Å². The van der Waals surface area contributed by atoms with Gasteiger partial charge in [0.2, 0.25) is 5.91 Å². The van der Waals surface area contributed by atoms with Crippen LogP contribution in [0.2, 0.25) is 0 Å². The zero-order valence-electron chi connectivity index (χ0n) is 13.9. The lowest BCUT2D eigenvalue weighted by Gasteiger charge is -2.21. The highest BCUT2D eigenvalue weighted by Gasteiger charge is 2.15. The molecule has 24 heavy (non-hydrogen) atoms. The zero-order chi connectivity index (χ0) is 16.9. The molecule has 0 spiro atoms. The van der Waals surface area contributed by atoms with Gasteiger partial charge in [0.05, 0.1) is 11.8 Å². The number of benzene rings is 2. The number of nitrogens with one attached hydrogen (secondary N) is 1. The smallest absolute Gasteiger partial charge is 0.230 e. The topological polar surface area (TPSA) is 47.6 Å². The standard InChI is InChI=1S/C19H21NO3S/c1-13-3-6-16(7-4-13)24-12-19(21)20-14(2)15-5-8-17-18(11-15)23-10-9-22-17/h3-8,11,14H,9-10,12H2,1-2H3,(H,20,21). The molecule has 2 aromatic rings. The first-order chi connectivity index (χ1) is 11.6. The summed E-state index contributed by atoms with van der Waals surface area (Å²) in [6.07, 6.45) is 0. The van der Waals surface area contributed by atoms with E-state index in [1.54, 1.807) is 11.8 Å². The van der Waals surface area contributed by atoms with Crippen LogP contribution in [0.1, 0.15) is 24.1 Å². The lowest BCUT2D eigenvalue weighted by Crippen LogP contribution is -2.28. The summed E-state index contributed by atoms with van der Waals surface area (Å²) in [5.41, 5.74) is 2.23. The molecular weight excluding hydrogens is 322 g/mol. The van der Waals surface area contributed by atoms with Crippen molar-refractivity contribution < 1.29 is 14.3 Å². The molecule has 3 rings (SSSR count). The molecule has 0 saturated carbocycles. The van der Waals surface area contributed by atoms with Crippen LogP contribution in [0.15, 0.2) is 47.4 Å². The van der Waals surface area contributed by atoms with Gasteiger partial charge in [0, 0.05) is 4.90 Å². The molecule has 4 nitrogen and oxygen atoms in total. The number of ether oxygens (including phenoxy) is 2. The minimum atomic E-state index is -0.0769. The van der Waals surface area contributed by atoms with Gasteiger partial charge in [-0.3, -0.25) is 4.79 Å². The Balaban J connectivity index is 1.55. The van der Waals surface area contributed by atoms with Crippen LogP contribution in [-0.2, 0) is 4.79 Å². The van der Waals surface area contributed by atoms with Crippen LogP contribution >= 0.6 is 11.8 Å². The van der Waals surface area contributed by atoms with Crippen molar-refractivity contribution in [2.24, 2.45) is 0 Å². The van der Waals surface area contributed by atoms with E-state index in [1.165, 1.54) is 5.56 Å². The van der Waals surface area contributed by atoms with Gasteiger partial charge >= 0.3 is 0 Å². The first-order valence-electron chi connectivity index (χ1n) is 8.00. The highest BCUT2D eigenvalue weighted by molar-refractivity contribution is 8.00. The maximum absolute atomic E-state index is 12.2. The largest absolute Gasteiger partial charge is 0.486 e. The summed E-state index contributed by atoms with van der Waals surface area (Å²) in [6, 6.07) is 13.9. The molecule has 0 bridgehead atoms. The summed E-state index contributed by atoms with van der Waals surface area (Å²) in [7, 11) is 0. The van der Waals surface area contributed by atoms with E-state index in [-0.39, 0.29) is 11.9 Å². The fraction of sp³-hybridized carbons (Fsp3) is 0.316. The van der Waals surface area contributed by atoms with Crippen molar-refractivity contribution in [2.75, 3.05) is 19.0 Å². The molecule has 0 fully saturated rings. The first-order valence-corrected chi connectivity index (χ1v) is 8.99. The predicted molar refractivity (Wildman–Crippen MR) is 95.9 cm³/mol. The maximum atomic E-state index is 12.2. The van der Waals surface area contributed by atoms with Crippen molar-refractivity contribution in [3.8, 4) is 11.5 Å². The maximum Gasteiger partial charge on any atom is 0.230 e. The fourth-order valence-electron chi connectivity index (χ4n) is 2.48. The van der Waals surface area contributed by atoms with E-state index in [1.807, 2.05) is 37.3 Å². The van der Waals surface area contributed by atoms with Gasteiger partial charge in [-0.05, 0) is 43.7 Å². The summed E-state index contributed by atoms with van der Waals surface area (Å²) in [6.45, 7) is 5.16. The number of thioether (sulfide) groups is 1. The minimum absolute atomic E-state index is 0.0166. The number of carbonyl (C=O) groups excluding carboxylic acids is 1. The Morgan fingerprint density at radius 3 is 2.58 bits per heavy atom. The Hall–Kier alpha value is -2.14. The van der Waals surface area contributed by atoms with Crippen molar-refractivity contribution in [3.05, 3.63) is 53.6 Å². The molecule has 1 amide bonds. The van der Waals surface area contributed by atoms with Crippen LogP contribution in [0.4, 0.5) is 0 Å². The summed E-state index contributed by atoms with van der Waals surface area (Å²) < 4.78 is 11.1. The Bertz CT molecular complexity index is 715. The van der Waals surface area contributed by atoms with E-state index < -0.39 is 0 Å². The number of carbonyl (C=O) groups is 1. The van der Waals surface area contributed by atoms with Crippen molar-refractivity contribution in [3.63, 3.8) is 0 Å². The molecule has 126 valence electrons. The van der Waals surface area contributed by atoms with E-state index >= 15 is 0 Å². The average molecular weight is 343 g/mol. The molecule has 0 aromatic heterocycles. The Morgan fingerprint density at radius 1 is 1.12 bits per heavy atom. The first kappa shape index (κ1) is 16.7. The molecule has 0 aliphatic carbocycles. The normalized spacial score (nSPS) is 14.1. The van der Waals surface area contributed by atoms with Gasteiger partial charge in [-0.2, -0.15) is 0 Å². The quantitative estimate of drug-likeness (QED) is 0.840. The summed E-state index contributed by atoms with van der Waals surface area (Å²) in [5.74, 6) is 1.92. The molecule has 1 aliphatic heterocycles. The molecule has 1 heterocycles. The van der Waals surface area contributed by atoms with Crippen molar-refractivity contribution in [2.45, 2.75) is 24.8 Å². The Labute approximate surface area is 146 Å². The van der Waals surface area contributed by atoms with E-state index in [2.05, 4.69) is 24.4 Å². The average Bonchev–Trinajstić information content (AvgIpc) is 2.61. The van der Waals surface area contributed by atoms with Gasteiger partial charge in [-0.1, -0.05) is 23.8 Å². The van der Waals surface area contributed by atoms with Crippen LogP contribution in [-0.4, -0.2) is 24.9 Å². The van der Waals surface area contributed by atoms with Gasteiger partial charge in [-0.25, -0.2) is 0 Å². The van der Waals surface area contributed by atoms with Crippen LogP contribution < -0.4 is 14.8 Å². The second-order valence-electron chi connectivity index (χ2n) is 5.79. The van der Waals surface area contributed by atoms with Crippen molar-refractivity contribution in [1.29, 1.82) is 0 Å². The second-order valence-corrected chi connectivity index (χ2v) is 6.84. The van der Waals surface area contributed by atoms with Crippen LogP contribution in [0, 0.1) is 6.92 Å². The molecule has 5 heteroatoms. The lowest BCUT2D eigenvalue weighted by atomic mass is 10.1. The number of aryl methyl sites for hydroxylation is 1. The number of fused-ring (bicyclic) bond motifs is 1. The molecular formula is C19H21NO3S. The molecule has 1 unspecified atom stereocenters.